The number of allylic oxidation sites excluding steroid dienone is 4. The molecular formula is C36H46F2O6S. The lowest BCUT2D eigenvalue weighted by atomic mass is 9.44. The zero-order valence-corrected chi connectivity index (χ0v) is 27.6. The molecule has 0 saturated heterocycles. The Morgan fingerprint density at radius 1 is 1.00 bits per heavy atom. The normalized spacial score (nSPS) is 50.8. The standard InChI is InChI=1S/C36H46F2O6S/c1-5-30(42)44-36(31(43)45-18-29(41)34-14-20-9-21(15-34)11-22(10-20)16-34)19(2)8-24-25-13-27(37)26-12-23(39)6-7-32(26,3)35(25,38)28(40)17-33(24,36)4/h6-7,12,19-22,24-25,27-28,40H,5,8-11,13-18H2,1-4H3/t19-,20?,21?,22?,24+,25+,27+,28+,32+,33+,34?,35+,36+/m1/s1. The molecule has 7 fully saturated rings. The van der Waals surface area contributed by atoms with E-state index in [1.165, 1.54) is 31.4 Å². The molecule has 0 aromatic carbocycles. The van der Waals surface area contributed by atoms with Crippen LogP contribution >= 0.6 is 11.8 Å². The molecule has 0 spiro atoms. The summed E-state index contributed by atoms with van der Waals surface area (Å²) in [6.07, 6.45) is 6.78. The molecule has 9 atom stereocenters. The molecule has 246 valence electrons. The average molecular weight is 645 g/mol. The van der Waals surface area contributed by atoms with Crippen LogP contribution in [0.2, 0.25) is 0 Å². The van der Waals surface area contributed by atoms with Crippen LogP contribution < -0.4 is 0 Å². The van der Waals surface area contributed by atoms with E-state index in [0.717, 1.165) is 37.1 Å². The van der Waals surface area contributed by atoms with Gasteiger partial charge in [-0.1, -0.05) is 38.6 Å². The van der Waals surface area contributed by atoms with Crippen LogP contribution in [0, 0.1) is 51.8 Å². The van der Waals surface area contributed by atoms with Crippen LogP contribution in [-0.4, -0.2) is 57.1 Å². The fourth-order valence-electron chi connectivity index (χ4n) is 12.3. The van der Waals surface area contributed by atoms with Crippen LogP contribution in [0.25, 0.3) is 0 Å². The Morgan fingerprint density at radius 2 is 1.62 bits per heavy atom. The van der Waals surface area contributed by atoms with Gasteiger partial charge < -0.3 is 9.84 Å². The number of fused-ring (bicyclic) bond motifs is 5. The Balaban J connectivity index is 1.22. The van der Waals surface area contributed by atoms with Gasteiger partial charge in [-0.2, -0.15) is 0 Å². The van der Waals surface area contributed by atoms with E-state index in [9.17, 15) is 24.3 Å². The number of ether oxygens (including phenoxy) is 1. The molecule has 1 N–H and O–H groups in total. The number of Topliss-reactive ketones (excluding diaryl/α,β-unsaturated/α-hetero) is 1. The topological polar surface area (TPSA) is 97.7 Å². The van der Waals surface area contributed by atoms with E-state index in [2.05, 4.69) is 0 Å². The van der Waals surface area contributed by atoms with E-state index in [0.29, 0.717) is 24.2 Å². The van der Waals surface area contributed by atoms with Crippen molar-refractivity contribution in [3.63, 3.8) is 0 Å². The number of hydrogen-bond acceptors (Lipinski definition) is 7. The van der Waals surface area contributed by atoms with Gasteiger partial charge in [0, 0.05) is 34.5 Å². The van der Waals surface area contributed by atoms with Gasteiger partial charge in [0.05, 0.1) is 11.9 Å². The van der Waals surface area contributed by atoms with E-state index in [1.54, 1.807) is 20.8 Å². The van der Waals surface area contributed by atoms with Crippen LogP contribution in [0.4, 0.5) is 8.78 Å². The van der Waals surface area contributed by atoms with Crippen molar-refractivity contribution in [1.29, 1.82) is 0 Å². The maximum absolute atomic E-state index is 17.7. The van der Waals surface area contributed by atoms with E-state index in [4.69, 9.17) is 4.74 Å². The number of ketones is 2. The molecule has 45 heavy (non-hydrogen) atoms. The van der Waals surface area contributed by atoms with Gasteiger partial charge in [-0.15, -0.1) is 0 Å². The molecule has 9 heteroatoms. The van der Waals surface area contributed by atoms with Crippen LogP contribution in [0.3, 0.4) is 0 Å². The SMILES string of the molecule is CCC(=O)O[C@]1(C(=O)SCC(=O)C23CC4CC(CC(C4)C2)C3)[C@H](C)C[C@H]2[C@@H]3C[C@H](F)C4=CC(=O)C=C[C@]4(C)[C@@]3(F)[C@@H](O)C[C@@]21C. The third-order valence-corrected chi connectivity index (χ3v) is 15.0. The van der Waals surface area contributed by atoms with Gasteiger partial charge in [0.1, 0.15) is 12.0 Å². The molecule has 4 bridgehead atoms. The second-order valence-electron chi connectivity index (χ2n) is 16.3. The van der Waals surface area contributed by atoms with Gasteiger partial charge in [-0.25, -0.2) is 8.78 Å². The highest BCUT2D eigenvalue weighted by Crippen LogP contribution is 2.72. The highest BCUT2D eigenvalue weighted by molar-refractivity contribution is 8.14. The first kappa shape index (κ1) is 31.7. The maximum Gasteiger partial charge on any atom is 0.306 e. The molecule has 0 heterocycles. The fraction of sp³-hybridized carbons (Fsp3) is 0.778. The summed E-state index contributed by atoms with van der Waals surface area (Å²) >= 11 is 0.915. The van der Waals surface area contributed by atoms with Gasteiger partial charge in [-0.05, 0) is 106 Å². The monoisotopic (exact) mass is 644 g/mol. The van der Waals surface area contributed by atoms with E-state index >= 15 is 8.78 Å². The van der Waals surface area contributed by atoms with Crippen molar-refractivity contribution in [2.45, 2.75) is 115 Å². The Labute approximate surface area is 268 Å². The third kappa shape index (κ3) is 4.13. The highest BCUT2D eigenvalue weighted by atomic mass is 32.2. The van der Waals surface area contributed by atoms with Crippen LogP contribution in [-0.2, 0) is 23.9 Å². The summed E-state index contributed by atoms with van der Waals surface area (Å²) in [7, 11) is 0. The predicted molar refractivity (Wildman–Crippen MR) is 165 cm³/mol. The number of carbonyl (C=O) groups is 4. The molecule has 8 aliphatic rings. The summed E-state index contributed by atoms with van der Waals surface area (Å²) < 4.78 is 39.8. The summed E-state index contributed by atoms with van der Waals surface area (Å²) in [5.41, 5.74) is -7.07. The van der Waals surface area contributed by atoms with Crippen LogP contribution in [0.15, 0.2) is 23.8 Å². The minimum absolute atomic E-state index is 0.000515. The molecule has 7 saturated carbocycles. The van der Waals surface area contributed by atoms with Crippen molar-refractivity contribution in [3.05, 3.63) is 23.8 Å². The molecule has 8 aliphatic carbocycles. The number of aliphatic hydroxyl groups is 1. The van der Waals surface area contributed by atoms with E-state index in [1.807, 2.05) is 6.92 Å². The predicted octanol–water partition coefficient (Wildman–Crippen LogP) is 6.29. The number of thioether (sulfide) groups is 1. The second-order valence-corrected chi connectivity index (χ2v) is 17.2. The molecule has 0 aliphatic heterocycles. The number of carbonyl (C=O) groups excluding carboxylic acids is 4. The Bertz CT molecular complexity index is 1370. The average Bonchev–Trinajstić information content (AvgIpc) is 3.19. The molecular weight excluding hydrogens is 598 g/mol. The van der Waals surface area contributed by atoms with Gasteiger partial charge in [0.15, 0.2) is 17.1 Å². The summed E-state index contributed by atoms with van der Waals surface area (Å²) in [6, 6.07) is 0. The quantitative estimate of drug-likeness (QED) is 0.340. The minimum Gasteiger partial charge on any atom is -0.449 e. The number of hydrogen-bond donors (Lipinski definition) is 1. The largest absolute Gasteiger partial charge is 0.449 e. The molecule has 0 aromatic rings. The maximum atomic E-state index is 17.7. The van der Waals surface area contributed by atoms with E-state index < -0.39 is 69.0 Å². The first-order chi connectivity index (χ1) is 21.1. The second kappa shape index (κ2) is 10.3. The van der Waals surface area contributed by atoms with Gasteiger partial charge in [0.2, 0.25) is 5.12 Å². The lowest BCUT2D eigenvalue weighted by Crippen LogP contribution is -2.70. The summed E-state index contributed by atoms with van der Waals surface area (Å²) in [5.74, 6) is -1.24. The van der Waals surface area contributed by atoms with Crippen molar-refractivity contribution in [1.82, 2.24) is 0 Å². The minimum atomic E-state index is -2.29. The number of rotatable bonds is 6. The smallest absolute Gasteiger partial charge is 0.306 e. The zero-order chi connectivity index (χ0) is 32.3. The van der Waals surface area contributed by atoms with Crippen molar-refractivity contribution in [2.24, 2.45) is 51.8 Å². The van der Waals surface area contributed by atoms with Crippen LogP contribution in [0.5, 0.6) is 0 Å². The van der Waals surface area contributed by atoms with E-state index in [-0.39, 0.29) is 41.8 Å². The van der Waals surface area contributed by atoms with Crippen molar-refractivity contribution in [3.8, 4) is 0 Å². The van der Waals surface area contributed by atoms with Crippen LogP contribution in [0.1, 0.15) is 91.9 Å². The molecule has 6 nitrogen and oxygen atoms in total. The van der Waals surface area contributed by atoms with Crippen molar-refractivity contribution >= 4 is 34.4 Å². The Hall–Kier alpha value is -1.87. The van der Waals surface area contributed by atoms with Crippen molar-refractivity contribution < 1.29 is 37.8 Å². The summed E-state index contributed by atoms with van der Waals surface area (Å²) in [6.45, 7) is 6.80. The molecule has 0 aromatic heterocycles. The molecule has 0 unspecified atom stereocenters. The lowest BCUT2D eigenvalue weighted by Gasteiger charge is -2.63. The Morgan fingerprint density at radius 3 is 2.22 bits per heavy atom. The van der Waals surface area contributed by atoms with Crippen molar-refractivity contribution in [2.75, 3.05) is 5.75 Å². The summed E-state index contributed by atoms with van der Waals surface area (Å²) in [4.78, 5) is 53.7. The zero-order valence-electron chi connectivity index (χ0n) is 26.8. The Kier molecular flexibility index (Phi) is 7.27. The lowest BCUT2D eigenvalue weighted by molar-refractivity contribution is -0.228. The first-order valence-electron chi connectivity index (χ1n) is 17.0. The first-order valence-corrected chi connectivity index (χ1v) is 18.0. The number of alkyl halides is 2. The molecule has 0 amide bonds. The van der Waals surface area contributed by atoms with Gasteiger partial charge in [0.25, 0.3) is 0 Å². The third-order valence-electron chi connectivity index (χ3n) is 14.0. The number of halogens is 2. The van der Waals surface area contributed by atoms with Gasteiger partial charge in [-0.3, -0.25) is 19.2 Å². The number of esters is 1. The summed E-state index contributed by atoms with van der Waals surface area (Å²) in [5, 5.41) is 11.4. The number of aliphatic hydroxyl groups excluding tert-OH is 1. The van der Waals surface area contributed by atoms with Gasteiger partial charge >= 0.3 is 5.97 Å². The highest BCUT2D eigenvalue weighted by Gasteiger charge is 2.78. The molecule has 0 radical (unpaired) electrons. The molecule has 8 rings (SSSR count). The fourth-order valence-corrected chi connectivity index (χ4v) is 13.6.